The zero-order valence-corrected chi connectivity index (χ0v) is 16.6. The molecule has 1 N–H and O–H groups in total. The summed E-state index contributed by atoms with van der Waals surface area (Å²) in [6, 6.07) is 11.7. The Morgan fingerprint density at radius 3 is 2.82 bits per heavy atom. The van der Waals surface area contributed by atoms with Gasteiger partial charge >= 0.3 is 0 Å². The van der Waals surface area contributed by atoms with Gasteiger partial charge in [-0.3, -0.25) is 10.1 Å². The van der Waals surface area contributed by atoms with Crippen LogP contribution in [0.5, 0.6) is 0 Å². The third-order valence-corrected chi connectivity index (χ3v) is 6.30. The molecule has 0 saturated carbocycles. The van der Waals surface area contributed by atoms with Crippen LogP contribution in [0.2, 0.25) is 0 Å². The molecule has 0 bridgehead atoms. The quantitative estimate of drug-likeness (QED) is 0.432. The lowest BCUT2D eigenvalue weighted by Gasteiger charge is -2.05. The number of rotatable bonds is 3. The molecule has 1 aromatic carbocycles. The molecule has 0 aliphatic carbocycles. The Hall–Kier alpha value is -3.10. The normalized spacial score (nSPS) is 11.4. The van der Waals surface area contributed by atoms with Gasteiger partial charge in [-0.15, -0.1) is 11.3 Å². The zero-order valence-electron chi connectivity index (χ0n) is 15.0. The summed E-state index contributed by atoms with van der Waals surface area (Å²) >= 11 is 3.01. The van der Waals surface area contributed by atoms with Gasteiger partial charge in [-0.05, 0) is 43.0 Å². The lowest BCUT2D eigenvalue weighted by Crippen LogP contribution is -2.13. The van der Waals surface area contributed by atoms with Crippen molar-refractivity contribution in [1.29, 1.82) is 0 Å². The summed E-state index contributed by atoms with van der Waals surface area (Å²) in [4.78, 5) is 23.2. The van der Waals surface area contributed by atoms with E-state index in [0.29, 0.717) is 33.2 Å². The number of thiophene rings is 1. The van der Waals surface area contributed by atoms with Crippen molar-refractivity contribution in [2.75, 3.05) is 5.32 Å². The maximum Gasteiger partial charge on any atom is 0.259 e. The number of nitrogens with one attached hydrogen (secondary N) is 1. The molecule has 4 heterocycles. The van der Waals surface area contributed by atoms with E-state index in [1.54, 1.807) is 24.3 Å². The minimum atomic E-state index is -0.256. The molecule has 0 aliphatic heterocycles. The van der Waals surface area contributed by atoms with Crippen LogP contribution in [0.25, 0.3) is 31.9 Å². The van der Waals surface area contributed by atoms with Crippen LogP contribution in [0.4, 0.5) is 5.13 Å². The van der Waals surface area contributed by atoms with E-state index in [-0.39, 0.29) is 5.91 Å². The number of carbonyl (C=O) groups excluding carboxylic acids is 1. The van der Waals surface area contributed by atoms with Gasteiger partial charge in [-0.25, -0.2) is 9.97 Å². The molecule has 0 spiro atoms. The van der Waals surface area contributed by atoms with Crippen LogP contribution < -0.4 is 5.32 Å². The number of aromatic nitrogens is 3. The second-order valence-electron chi connectivity index (χ2n) is 6.38. The number of fused-ring (bicyclic) bond motifs is 2. The van der Waals surface area contributed by atoms with Crippen LogP contribution in [0.15, 0.2) is 46.3 Å². The number of benzene rings is 1. The second kappa shape index (κ2) is 6.50. The Labute approximate surface area is 167 Å². The van der Waals surface area contributed by atoms with Crippen molar-refractivity contribution in [3.8, 4) is 10.6 Å². The van der Waals surface area contributed by atoms with Crippen LogP contribution in [0.3, 0.4) is 0 Å². The monoisotopic (exact) mass is 406 g/mol. The first kappa shape index (κ1) is 17.0. The van der Waals surface area contributed by atoms with E-state index in [9.17, 15) is 4.79 Å². The van der Waals surface area contributed by atoms with E-state index in [4.69, 9.17) is 4.52 Å². The molecule has 0 atom stereocenters. The number of thiazole rings is 1. The van der Waals surface area contributed by atoms with Gasteiger partial charge in [-0.1, -0.05) is 34.7 Å². The van der Waals surface area contributed by atoms with Crippen molar-refractivity contribution in [3.63, 3.8) is 0 Å². The largest absolute Gasteiger partial charge is 0.335 e. The summed E-state index contributed by atoms with van der Waals surface area (Å²) in [5.41, 5.74) is 4.13. The summed E-state index contributed by atoms with van der Waals surface area (Å²) < 4.78 is 6.38. The Kier molecular flexibility index (Phi) is 3.96. The molecule has 8 heteroatoms. The van der Waals surface area contributed by atoms with Gasteiger partial charge in [0.05, 0.1) is 37.4 Å². The maximum absolute atomic E-state index is 13.1. The van der Waals surface area contributed by atoms with Crippen LogP contribution >= 0.6 is 22.7 Å². The minimum absolute atomic E-state index is 0.256. The number of anilines is 1. The standard InChI is InChI=1S/C20H14N4O2S2/c1-10-5-3-6-15-17(10)22-20(28-15)23-18(25)12-9-13(14-7-4-8-27-14)21-19-16(12)11(2)24-26-19/h3-9H,1-2H3,(H,22,23,25). The van der Waals surface area contributed by atoms with Crippen LogP contribution in [0, 0.1) is 13.8 Å². The predicted octanol–water partition coefficient (Wildman–Crippen LogP) is 5.43. The number of hydrogen-bond donors (Lipinski definition) is 1. The molecule has 5 aromatic rings. The van der Waals surface area contributed by atoms with E-state index >= 15 is 0 Å². The highest BCUT2D eigenvalue weighted by Crippen LogP contribution is 2.31. The van der Waals surface area contributed by atoms with Gasteiger partial charge in [0.25, 0.3) is 11.6 Å². The number of amides is 1. The molecule has 4 aromatic heterocycles. The first-order valence-corrected chi connectivity index (χ1v) is 10.3. The third-order valence-electron chi connectivity index (χ3n) is 4.48. The summed E-state index contributed by atoms with van der Waals surface area (Å²) in [7, 11) is 0. The van der Waals surface area contributed by atoms with Gasteiger partial charge in [0.2, 0.25) is 0 Å². The van der Waals surface area contributed by atoms with Gasteiger partial charge in [0.15, 0.2) is 5.13 Å². The fourth-order valence-electron chi connectivity index (χ4n) is 3.13. The lowest BCUT2D eigenvalue weighted by molar-refractivity contribution is 0.102. The molecule has 6 nitrogen and oxygen atoms in total. The fraction of sp³-hybridized carbons (Fsp3) is 0.100. The average molecular weight is 406 g/mol. The number of hydrogen-bond acceptors (Lipinski definition) is 7. The molecular weight excluding hydrogens is 392 g/mol. The van der Waals surface area contributed by atoms with Gasteiger partial charge in [-0.2, -0.15) is 0 Å². The number of nitrogens with zero attached hydrogens (tertiary/aromatic N) is 3. The number of para-hydroxylation sites is 1. The number of pyridine rings is 1. The van der Waals surface area contributed by atoms with Crippen LogP contribution in [0.1, 0.15) is 21.6 Å². The third kappa shape index (κ3) is 2.78. The molecule has 5 rings (SSSR count). The van der Waals surface area contributed by atoms with Gasteiger partial charge in [0, 0.05) is 0 Å². The summed E-state index contributed by atoms with van der Waals surface area (Å²) in [5, 5.41) is 10.1. The molecule has 0 aliphatic rings. The first-order valence-electron chi connectivity index (χ1n) is 8.58. The highest BCUT2D eigenvalue weighted by molar-refractivity contribution is 7.22. The van der Waals surface area contributed by atoms with E-state index < -0.39 is 0 Å². The summed E-state index contributed by atoms with van der Waals surface area (Å²) in [6.45, 7) is 3.81. The maximum atomic E-state index is 13.1. The van der Waals surface area contributed by atoms with Crippen molar-refractivity contribution in [1.82, 2.24) is 15.1 Å². The van der Waals surface area contributed by atoms with E-state index in [1.165, 1.54) is 11.3 Å². The molecule has 1 amide bonds. The molecule has 28 heavy (non-hydrogen) atoms. The van der Waals surface area contributed by atoms with Crippen LogP contribution in [-0.4, -0.2) is 21.0 Å². The van der Waals surface area contributed by atoms with E-state index in [2.05, 4.69) is 20.4 Å². The van der Waals surface area contributed by atoms with Gasteiger partial charge in [0.1, 0.15) is 0 Å². The Morgan fingerprint density at radius 2 is 2.04 bits per heavy atom. The zero-order chi connectivity index (χ0) is 19.3. The number of aryl methyl sites for hydroxylation is 2. The first-order chi connectivity index (χ1) is 13.6. The van der Waals surface area contributed by atoms with Crippen molar-refractivity contribution < 1.29 is 9.32 Å². The fourth-order valence-corrected chi connectivity index (χ4v) is 4.75. The second-order valence-corrected chi connectivity index (χ2v) is 8.35. The molecular formula is C20H14N4O2S2. The average Bonchev–Trinajstić information content (AvgIpc) is 3.41. The van der Waals surface area contributed by atoms with Gasteiger partial charge < -0.3 is 4.52 Å². The van der Waals surface area contributed by atoms with Crippen molar-refractivity contribution >= 4 is 55.0 Å². The molecule has 0 fully saturated rings. The van der Waals surface area contributed by atoms with Crippen LogP contribution in [-0.2, 0) is 0 Å². The molecule has 0 unspecified atom stereocenters. The Bertz CT molecular complexity index is 1340. The van der Waals surface area contributed by atoms with E-state index in [0.717, 1.165) is 20.7 Å². The Morgan fingerprint density at radius 1 is 1.14 bits per heavy atom. The number of carbonyl (C=O) groups is 1. The Balaban J connectivity index is 1.59. The SMILES string of the molecule is Cc1cccc2sc(NC(=O)c3cc(-c4cccs4)nc4onc(C)c34)nc12. The summed E-state index contributed by atoms with van der Waals surface area (Å²) in [6.07, 6.45) is 0. The van der Waals surface area contributed by atoms with E-state index in [1.807, 2.05) is 42.6 Å². The smallest absolute Gasteiger partial charge is 0.259 e. The highest BCUT2D eigenvalue weighted by atomic mass is 32.1. The lowest BCUT2D eigenvalue weighted by atomic mass is 10.1. The molecule has 138 valence electrons. The molecule has 0 radical (unpaired) electrons. The molecule has 0 saturated heterocycles. The minimum Gasteiger partial charge on any atom is -0.335 e. The van der Waals surface area contributed by atoms with Crippen molar-refractivity contribution in [2.45, 2.75) is 13.8 Å². The predicted molar refractivity (Wildman–Crippen MR) is 112 cm³/mol. The topological polar surface area (TPSA) is 80.9 Å². The van der Waals surface area contributed by atoms with Crippen molar-refractivity contribution in [3.05, 3.63) is 58.6 Å². The van der Waals surface area contributed by atoms with Crippen molar-refractivity contribution in [2.24, 2.45) is 0 Å². The summed E-state index contributed by atoms with van der Waals surface area (Å²) in [5.74, 6) is -0.256. The highest BCUT2D eigenvalue weighted by Gasteiger charge is 2.20.